The van der Waals surface area contributed by atoms with Crippen molar-refractivity contribution in [3.05, 3.63) is 58.7 Å². The van der Waals surface area contributed by atoms with E-state index in [2.05, 4.69) is 42.5 Å². The molecule has 2 aromatic carbocycles. The summed E-state index contributed by atoms with van der Waals surface area (Å²) in [5, 5.41) is 21.0. The predicted molar refractivity (Wildman–Crippen MR) is 189 cm³/mol. The summed E-state index contributed by atoms with van der Waals surface area (Å²) in [5.74, 6) is -3.29. The fourth-order valence-electron chi connectivity index (χ4n) is 5.82. The number of carbonyl (C=O) groups excluding carboxylic acids is 4. The van der Waals surface area contributed by atoms with E-state index >= 15 is 0 Å². The van der Waals surface area contributed by atoms with Crippen LogP contribution in [0.2, 0.25) is 0 Å². The van der Waals surface area contributed by atoms with Crippen LogP contribution in [0.5, 0.6) is 11.5 Å². The number of phenolic OH excluding ortho intramolecular Hbond substituents is 2. The van der Waals surface area contributed by atoms with Crippen molar-refractivity contribution in [3.8, 4) is 11.5 Å². The number of hydrogen-bond acceptors (Lipinski definition) is 6. The Morgan fingerprint density at radius 1 is 0.542 bits per heavy atom. The maximum absolute atomic E-state index is 13.6. The Hall–Kier alpha value is -4.08. The number of rotatable bonds is 21. The lowest BCUT2D eigenvalue weighted by atomic mass is 9.78. The normalized spacial score (nSPS) is 11.2. The van der Waals surface area contributed by atoms with E-state index in [-0.39, 0.29) is 35.5 Å². The van der Waals surface area contributed by atoms with Crippen LogP contribution in [-0.2, 0) is 22.4 Å². The largest absolute Gasteiger partial charge is 0.507 e. The predicted octanol–water partition coefficient (Wildman–Crippen LogP) is 7.32. The number of aromatic hydroxyl groups is 2. The number of nitrogens with one attached hydrogen (secondary N) is 4. The fourth-order valence-corrected chi connectivity index (χ4v) is 5.82. The zero-order valence-corrected chi connectivity index (χ0v) is 29.5. The van der Waals surface area contributed by atoms with Crippen LogP contribution < -0.4 is 21.7 Å². The monoisotopic (exact) mass is 666 g/mol. The van der Waals surface area contributed by atoms with Crippen LogP contribution in [0.1, 0.15) is 156 Å². The molecule has 0 radical (unpaired) electrons. The average Bonchev–Trinajstić information content (AvgIpc) is 3.08. The van der Waals surface area contributed by atoms with E-state index < -0.39 is 29.0 Å². The summed E-state index contributed by atoms with van der Waals surface area (Å²) in [6, 6.07) is 9.72. The number of carbonyl (C=O) groups is 4. The van der Waals surface area contributed by atoms with Gasteiger partial charge in [-0.05, 0) is 73.9 Å². The molecule has 0 aliphatic rings. The lowest BCUT2D eigenvalue weighted by Crippen LogP contribution is -2.58. The topological polar surface area (TPSA) is 157 Å². The minimum atomic E-state index is -1.61. The second kappa shape index (κ2) is 21.7. The summed E-state index contributed by atoms with van der Waals surface area (Å²) in [6.45, 7) is 8.08. The molecule has 2 rings (SSSR count). The Balaban J connectivity index is 2.11. The smallest absolute Gasteiger partial charge is 0.273 e. The summed E-state index contributed by atoms with van der Waals surface area (Å²) in [5.41, 5.74) is 9.71. The molecule has 0 saturated carbocycles. The third kappa shape index (κ3) is 12.5. The van der Waals surface area contributed by atoms with Gasteiger partial charge in [-0.25, -0.2) is 0 Å². The molecule has 2 aromatic rings. The summed E-state index contributed by atoms with van der Waals surface area (Å²) in [7, 11) is 0. The SMILES string of the molecule is CCCCCCCC(CC)(C(=O)NNC(=O)c1ccc(CCCCCC)cc1O)C(=O)NNC(=O)c1ccc(CCCCCC)cc1O. The second-order valence-corrected chi connectivity index (χ2v) is 12.7. The molecule has 10 nitrogen and oxygen atoms in total. The first-order valence-corrected chi connectivity index (χ1v) is 18.0. The molecule has 0 saturated heterocycles. The van der Waals surface area contributed by atoms with Crippen molar-refractivity contribution in [2.24, 2.45) is 5.41 Å². The van der Waals surface area contributed by atoms with Crippen LogP contribution in [0.25, 0.3) is 0 Å². The summed E-state index contributed by atoms with van der Waals surface area (Å²) in [6.07, 6.45) is 15.0. The van der Waals surface area contributed by atoms with Gasteiger partial charge in [-0.3, -0.25) is 40.9 Å². The summed E-state index contributed by atoms with van der Waals surface area (Å²) < 4.78 is 0. The molecular formula is C38H58N4O6. The van der Waals surface area contributed by atoms with E-state index in [0.717, 1.165) is 101 Å². The molecule has 0 aliphatic carbocycles. The quantitative estimate of drug-likeness (QED) is 0.0466. The van der Waals surface area contributed by atoms with Crippen molar-refractivity contribution >= 4 is 23.6 Å². The Kier molecular flexibility index (Phi) is 18.1. The Morgan fingerprint density at radius 2 is 0.938 bits per heavy atom. The highest BCUT2D eigenvalue weighted by Crippen LogP contribution is 2.31. The lowest BCUT2D eigenvalue weighted by Gasteiger charge is -2.30. The van der Waals surface area contributed by atoms with Gasteiger partial charge >= 0.3 is 0 Å². The van der Waals surface area contributed by atoms with E-state index in [4.69, 9.17) is 0 Å². The molecule has 0 fully saturated rings. The molecule has 6 N–H and O–H groups in total. The van der Waals surface area contributed by atoms with Crippen LogP contribution in [0, 0.1) is 5.41 Å². The number of benzene rings is 2. The van der Waals surface area contributed by atoms with Gasteiger partial charge in [0, 0.05) is 0 Å². The zero-order valence-electron chi connectivity index (χ0n) is 29.5. The van der Waals surface area contributed by atoms with Gasteiger partial charge in [0.05, 0.1) is 11.1 Å². The molecule has 0 heterocycles. The van der Waals surface area contributed by atoms with Crippen molar-refractivity contribution < 1.29 is 29.4 Å². The first kappa shape index (κ1) is 40.1. The van der Waals surface area contributed by atoms with Gasteiger partial charge in [0.2, 0.25) is 0 Å². The van der Waals surface area contributed by atoms with Crippen molar-refractivity contribution in [1.82, 2.24) is 21.7 Å². The van der Waals surface area contributed by atoms with Gasteiger partial charge in [-0.2, -0.15) is 0 Å². The van der Waals surface area contributed by atoms with E-state index in [9.17, 15) is 29.4 Å². The standard InChI is InChI=1S/C38H58N4O6/c1-5-9-12-15-18-25-38(8-4,36(47)41-39-34(45)30-23-21-28(26-32(30)43)19-16-13-10-6-2)37(48)42-40-35(46)31-24-22-29(27-33(31)44)20-17-14-11-7-3/h21-24,26-27,43-44H,5-20,25H2,1-4H3,(H,39,45)(H,40,46)(H,41,47)(H,42,48). The highest BCUT2D eigenvalue weighted by atomic mass is 16.3. The first-order valence-electron chi connectivity index (χ1n) is 18.0. The molecule has 0 atom stereocenters. The molecule has 10 heteroatoms. The minimum Gasteiger partial charge on any atom is -0.507 e. The number of aryl methyl sites for hydroxylation is 2. The fraction of sp³-hybridized carbons (Fsp3) is 0.579. The Bertz CT molecular complexity index is 1240. The molecule has 0 aliphatic heterocycles. The Labute approximate surface area is 286 Å². The van der Waals surface area contributed by atoms with Crippen molar-refractivity contribution in [2.75, 3.05) is 0 Å². The van der Waals surface area contributed by atoms with Gasteiger partial charge in [0.15, 0.2) is 0 Å². The first-order chi connectivity index (χ1) is 23.1. The van der Waals surface area contributed by atoms with E-state index in [1.54, 1.807) is 31.2 Å². The van der Waals surface area contributed by atoms with Gasteiger partial charge in [0.25, 0.3) is 23.6 Å². The summed E-state index contributed by atoms with van der Waals surface area (Å²) in [4.78, 5) is 53.2. The van der Waals surface area contributed by atoms with Crippen molar-refractivity contribution in [2.45, 2.75) is 137 Å². The van der Waals surface area contributed by atoms with Crippen molar-refractivity contribution in [3.63, 3.8) is 0 Å². The third-order valence-electron chi connectivity index (χ3n) is 9.01. The van der Waals surface area contributed by atoms with Gasteiger partial charge in [-0.1, -0.05) is 110 Å². The Morgan fingerprint density at radius 3 is 1.31 bits per heavy atom. The molecular weight excluding hydrogens is 608 g/mol. The summed E-state index contributed by atoms with van der Waals surface area (Å²) >= 11 is 0. The van der Waals surface area contributed by atoms with E-state index in [0.29, 0.717) is 6.42 Å². The number of amides is 4. The number of hydrazine groups is 2. The number of phenols is 2. The van der Waals surface area contributed by atoms with E-state index in [1.807, 2.05) is 0 Å². The van der Waals surface area contributed by atoms with E-state index in [1.165, 1.54) is 12.1 Å². The second-order valence-electron chi connectivity index (χ2n) is 12.7. The number of unbranched alkanes of at least 4 members (excludes halogenated alkanes) is 10. The molecule has 48 heavy (non-hydrogen) atoms. The molecule has 0 aromatic heterocycles. The third-order valence-corrected chi connectivity index (χ3v) is 9.01. The molecule has 4 amide bonds. The maximum atomic E-state index is 13.6. The van der Waals surface area contributed by atoms with Gasteiger partial charge in [-0.15, -0.1) is 0 Å². The maximum Gasteiger partial charge on any atom is 0.273 e. The highest BCUT2D eigenvalue weighted by Gasteiger charge is 2.44. The van der Waals surface area contributed by atoms with Crippen molar-refractivity contribution in [1.29, 1.82) is 0 Å². The van der Waals surface area contributed by atoms with Gasteiger partial charge < -0.3 is 10.2 Å². The lowest BCUT2D eigenvalue weighted by molar-refractivity contribution is -0.145. The molecule has 0 bridgehead atoms. The zero-order chi connectivity index (χ0) is 35.4. The molecule has 0 spiro atoms. The average molecular weight is 667 g/mol. The number of hydrogen-bond donors (Lipinski definition) is 6. The van der Waals surface area contributed by atoms with Crippen LogP contribution in [-0.4, -0.2) is 33.8 Å². The highest BCUT2D eigenvalue weighted by molar-refractivity contribution is 6.07. The van der Waals surface area contributed by atoms with Crippen LogP contribution in [0.4, 0.5) is 0 Å². The molecule has 266 valence electrons. The van der Waals surface area contributed by atoms with Crippen LogP contribution >= 0.6 is 0 Å². The molecule has 0 unspecified atom stereocenters. The van der Waals surface area contributed by atoms with Crippen LogP contribution in [0.15, 0.2) is 36.4 Å². The van der Waals surface area contributed by atoms with Crippen LogP contribution in [0.3, 0.4) is 0 Å². The minimum absolute atomic E-state index is 0.00206. The van der Waals surface area contributed by atoms with Gasteiger partial charge in [0.1, 0.15) is 16.9 Å².